The molecule has 1 aromatic carbocycles. The van der Waals surface area contributed by atoms with Crippen molar-refractivity contribution in [3.05, 3.63) is 34.3 Å². The first-order chi connectivity index (χ1) is 13.6. The van der Waals surface area contributed by atoms with Gasteiger partial charge in [-0.3, -0.25) is 5.32 Å². The summed E-state index contributed by atoms with van der Waals surface area (Å²) in [5.74, 6) is -0.168. The van der Waals surface area contributed by atoms with Crippen LogP contribution in [0.2, 0.25) is 5.02 Å². The highest BCUT2D eigenvalue weighted by atomic mass is 35.5. The molecular weight excluding hydrogens is 427 g/mol. The third kappa shape index (κ3) is 4.22. The Hall–Kier alpha value is -1.84. The number of hydrogen-bond acceptors (Lipinski definition) is 4. The molecule has 5 nitrogen and oxygen atoms in total. The van der Waals surface area contributed by atoms with Crippen LogP contribution in [0.25, 0.3) is 10.4 Å². The zero-order valence-corrected chi connectivity index (χ0v) is 17.3. The van der Waals surface area contributed by atoms with Gasteiger partial charge in [-0.2, -0.15) is 13.2 Å². The largest absolute Gasteiger partial charge is 0.443 e. The van der Waals surface area contributed by atoms with Gasteiger partial charge >= 0.3 is 12.3 Å². The normalized spacial score (nSPS) is 26.4. The van der Waals surface area contributed by atoms with E-state index in [4.69, 9.17) is 16.3 Å². The van der Waals surface area contributed by atoms with E-state index in [2.05, 4.69) is 17.3 Å². The number of anilines is 1. The number of rotatable bonds is 3. The number of fused-ring (bicyclic) bond motifs is 3. The van der Waals surface area contributed by atoms with E-state index >= 15 is 0 Å². The van der Waals surface area contributed by atoms with Gasteiger partial charge in [0.15, 0.2) is 5.82 Å². The molecule has 0 radical (unpaired) electrons. The highest BCUT2D eigenvalue weighted by Crippen LogP contribution is 2.42. The predicted octanol–water partition coefficient (Wildman–Crippen LogP) is 5.41. The Kier molecular flexibility index (Phi) is 5.03. The molecule has 0 spiro atoms. The topological polar surface area (TPSA) is 51.2 Å². The lowest BCUT2D eigenvalue weighted by molar-refractivity contribution is -0.926. The van der Waals surface area contributed by atoms with Crippen molar-refractivity contribution >= 4 is 34.8 Å². The quantitative estimate of drug-likeness (QED) is 0.641. The summed E-state index contributed by atoms with van der Waals surface area (Å²) in [5, 5.41) is 1.78. The molecule has 0 aliphatic carbocycles. The monoisotopic (exact) mass is 446 g/mol. The molecular formula is C19H20ClF3N3O2S+. The number of nitrogens with one attached hydrogen (secondary N) is 1. The number of alkyl halides is 3. The minimum atomic E-state index is -4.62. The second-order valence-electron chi connectivity index (χ2n) is 7.94. The number of amides is 1. The van der Waals surface area contributed by atoms with Crippen LogP contribution in [0.3, 0.4) is 0 Å². The van der Waals surface area contributed by atoms with Gasteiger partial charge in [-0.15, -0.1) is 11.3 Å². The van der Waals surface area contributed by atoms with Crippen molar-refractivity contribution in [2.75, 3.05) is 32.0 Å². The van der Waals surface area contributed by atoms with Gasteiger partial charge in [-0.1, -0.05) is 23.7 Å². The molecule has 29 heavy (non-hydrogen) atoms. The van der Waals surface area contributed by atoms with Crippen LogP contribution >= 0.6 is 22.9 Å². The van der Waals surface area contributed by atoms with Crippen LogP contribution in [-0.2, 0) is 10.9 Å². The van der Waals surface area contributed by atoms with E-state index in [1.165, 1.54) is 6.07 Å². The number of piperidine rings is 3. The maximum Gasteiger partial charge on any atom is 0.443 e. The molecule has 156 valence electrons. The smallest absolute Gasteiger partial charge is 0.442 e. The Balaban J connectivity index is 1.57. The number of quaternary nitrogens is 1. The van der Waals surface area contributed by atoms with Crippen molar-refractivity contribution in [2.45, 2.75) is 31.0 Å². The summed E-state index contributed by atoms with van der Waals surface area (Å²) in [5.41, 5.74) is -0.0958. The summed E-state index contributed by atoms with van der Waals surface area (Å²) in [4.78, 5) is 16.4. The van der Waals surface area contributed by atoms with Crippen LogP contribution < -0.4 is 5.32 Å². The standard InChI is InChI=1S/C19H19ClF3N3O2S/c1-26-8-5-18(6-9-26,7-10-26)28-17(27)25-15-14(12-3-2-4-13(20)11-12)29-16(24-15)19(21,22)23/h2-4,11H,5-10H2,1H3/p+1. The zero-order chi connectivity index (χ0) is 20.9. The predicted molar refractivity (Wildman–Crippen MR) is 105 cm³/mol. The molecule has 5 rings (SSSR count). The molecule has 4 heterocycles. The minimum absolute atomic E-state index is 0.168. The first-order valence-corrected chi connectivity index (χ1v) is 10.4. The summed E-state index contributed by atoms with van der Waals surface area (Å²) >= 11 is 6.44. The molecule has 3 saturated heterocycles. The number of aromatic nitrogens is 1. The fourth-order valence-corrected chi connectivity index (χ4v) is 5.03. The third-order valence-corrected chi connectivity index (χ3v) is 7.19. The fraction of sp³-hybridized carbons (Fsp3) is 0.474. The Labute approximate surface area is 175 Å². The van der Waals surface area contributed by atoms with Gasteiger partial charge in [0.2, 0.25) is 5.01 Å². The number of carbonyl (C=O) groups is 1. The van der Waals surface area contributed by atoms with Gasteiger partial charge in [0.25, 0.3) is 0 Å². The van der Waals surface area contributed by atoms with Gasteiger partial charge in [0, 0.05) is 24.3 Å². The van der Waals surface area contributed by atoms with Crippen LogP contribution in [0.4, 0.5) is 23.8 Å². The molecule has 3 aliphatic rings. The van der Waals surface area contributed by atoms with Crippen molar-refractivity contribution in [1.29, 1.82) is 0 Å². The maximum atomic E-state index is 13.2. The molecule has 1 amide bonds. The lowest BCUT2D eigenvalue weighted by atomic mass is 9.81. The van der Waals surface area contributed by atoms with E-state index in [9.17, 15) is 18.0 Å². The van der Waals surface area contributed by atoms with Crippen molar-refractivity contribution in [3.8, 4) is 10.4 Å². The number of ether oxygens (including phenoxy) is 1. The van der Waals surface area contributed by atoms with E-state index in [1.807, 2.05) is 0 Å². The maximum absolute atomic E-state index is 13.2. The number of halogens is 4. The van der Waals surface area contributed by atoms with Crippen molar-refractivity contribution in [3.63, 3.8) is 0 Å². The molecule has 2 aromatic rings. The minimum Gasteiger partial charge on any atom is -0.442 e. The summed E-state index contributed by atoms with van der Waals surface area (Å²) in [6.45, 7) is 2.78. The van der Waals surface area contributed by atoms with E-state index in [0.717, 1.165) is 43.4 Å². The van der Waals surface area contributed by atoms with E-state index < -0.39 is 22.9 Å². The van der Waals surface area contributed by atoms with Gasteiger partial charge in [-0.05, 0) is 17.7 Å². The third-order valence-electron chi connectivity index (χ3n) is 5.81. The number of nitrogens with zero attached hydrogens (tertiary/aromatic N) is 2. The Morgan fingerprint density at radius 3 is 2.52 bits per heavy atom. The SMILES string of the molecule is C[N+]12CCC(OC(=O)Nc3nc(C(F)(F)F)sc3-c3cccc(Cl)c3)(CC1)CC2. The van der Waals surface area contributed by atoms with Crippen molar-refractivity contribution in [2.24, 2.45) is 0 Å². The van der Waals surface area contributed by atoms with Gasteiger partial charge in [0.05, 0.1) is 31.6 Å². The number of carbonyl (C=O) groups excluding carboxylic acids is 1. The summed E-state index contributed by atoms with van der Waals surface area (Å²) < 4.78 is 46.4. The van der Waals surface area contributed by atoms with E-state index in [0.29, 0.717) is 21.9 Å². The molecule has 10 heteroatoms. The number of benzene rings is 1. The molecule has 0 saturated carbocycles. The lowest BCUT2D eigenvalue weighted by Crippen LogP contribution is -2.63. The van der Waals surface area contributed by atoms with Gasteiger partial charge in [-0.25, -0.2) is 9.78 Å². The molecule has 0 unspecified atom stereocenters. The van der Waals surface area contributed by atoms with Crippen LogP contribution in [0.1, 0.15) is 24.3 Å². The van der Waals surface area contributed by atoms with Crippen LogP contribution in [0.15, 0.2) is 24.3 Å². The Bertz CT molecular complexity index is 922. The van der Waals surface area contributed by atoms with Crippen LogP contribution in [0, 0.1) is 0 Å². The first kappa shape index (κ1) is 20.4. The fourth-order valence-electron chi connectivity index (χ4n) is 3.95. The van der Waals surface area contributed by atoms with E-state index in [-0.39, 0.29) is 10.7 Å². The highest BCUT2D eigenvalue weighted by Gasteiger charge is 2.49. The molecule has 3 aliphatic heterocycles. The average Bonchev–Trinajstić information content (AvgIpc) is 3.07. The molecule has 0 atom stereocenters. The number of hydrogen-bond donors (Lipinski definition) is 1. The zero-order valence-electron chi connectivity index (χ0n) is 15.7. The Morgan fingerprint density at radius 2 is 1.93 bits per heavy atom. The van der Waals surface area contributed by atoms with Crippen LogP contribution in [0.5, 0.6) is 0 Å². The summed E-state index contributed by atoms with van der Waals surface area (Å²) in [6.07, 6.45) is -3.13. The lowest BCUT2D eigenvalue weighted by Gasteiger charge is -2.51. The Morgan fingerprint density at radius 1 is 1.28 bits per heavy atom. The number of thiazole rings is 1. The molecule has 2 bridgehead atoms. The molecule has 3 fully saturated rings. The molecule has 1 N–H and O–H groups in total. The second kappa shape index (κ2) is 7.14. The van der Waals surface area contributed by atoms with Gasteiger partial charge in [0.1, 0.15) is 5.60 Å². The second-order valence-corrected chi connectivity index (χ2v) is 9.38. The van der Waals surface area contributed by atoms with Crippen molar-refractivity contribution in [1.82, 2.24) is 4.98 Å². The van der Waals surface area contributed by atoms with Crippen molar-refractivity contribution < 1.29 is 27.2 Å². The summed E-state index contributed by atoms with van der Waals surface area (Å²) in [6, 6.07) is 6.40. The highest BCUT2D eigenvalue weighted by molar-refractivity contribution is 7.15. The first-order valence-electron chi connectivity index (χ1n) is 9.25. The summed E-state index contributed by atoms with van der Waals surface area (Å²) in [7, 11) is 2.19. The molecule has 1 aromatic heterocycles. The van der Waals surface area contributed by atoms with E-state index in [1.54, 1.807) is 18.2 Å². The average molecular weight is 447 g/mol. The van der Waals surface area contributed by atoms with Crippen LogP contribution in [-0.4, -0.2) is 47.8 Å². The van der Waals surface area contributed by atoms with Gasteiger partial charge < -0.3 is 9.22 Å².